The van der Waals surface area contributed by atoms with Crippen LogP contribution in [0, 0.1) is 10.1 Å². The first kappa shape index (κ1) is 17.2. The summed E-state index contributed by atoms with van der Waals surface area (Å²) < 4.78 is 5.38. The molecule has 25 heavy (non-hydrogen) atoms. The summed E-state index contributed by atoms with van der Waals surface area (Å²) in [7, 11) is 0. The van der Waals surface area contributed by atoms with Crippen LogP contribution in [0.2, 0.25) is 0 Å². The van der Waals surface area contributed by atoms with Crippen LogP contribution in [-0.4, -0.2) is 40.5 Å². The Bertz CT molecular complexity index is 745. The highest BCUT2D eigenvalue weighted by Crippen LogP contribution is 2.46. The smallest absolute Gasteiger partial charge is 0.410 e. The molecule has 0 saturated carbocycles. The Kier molecular flexibility index (Phi) is 3.93. The summed E-state index contributed by atoms with van der Waals surface area (Å²) in [5, 5.41) is 13.7. The molecule has 0 unspecified atom stereocenters. The van der Waals surface area contributed by atoms with Gasteiger partial charge in [0.1, 0.15) is 5.60 Å². The van der Waals surface area contributed by atoms with Gasteiger partial charge < -0.3 is 15.0 Å². The topological polar surface area (TPSA) is 102 Å². The van der Waals surface area contributed by atoms with Crippen molar-refractivity contribution in [2.75, 3.05) is 18.4 Å². The van der Waals surface area contributed by atoms with Crippen molar-refractivity contribution in [2.45, 2.75) is 44.6 Å². The van der Waals surface area contributed by atoms with E-state index in [9.17, 15) is 19.7 Å². The highest BCUT2D eigenvalue weighted by Gasteiger charge is 2.49. The molecule has 1 N–H and O–H groups in total. The van der Waals surface area contributed by atoms with Crippen LogP contribution in [0.25, 0.3) is 0 Å². The van der Waals surface area contributed by atoms with Crippen molar-refractivity contribution in [1.29, 1.82) is 0 Å². The van der Waals surface area contributed by atoms with Gasteiger partial charge in [-0.1, -0.05) is 0 Å². The summed E-state index contributed by atoms with van der Waals surface area (Å²) in [5.41, 5.74) is -0.0926. The predicted molar refractivity (Wildman–Crippen MR) is 90.4 cm³/mol. The molecular formula is C17H21N3O5. The number of nitrogens with zero attached hydrogens (tertiary/aromatic N) is 2. The van der Waals surface area contributed by atoms with Crippen LogP contribution in [0.1, 0.15) is 39.2 Å². The second-order valence-electron chi connectivity index (χ2n) is 7.49. The summed E-state index contributed by atoms with van der Waals surface area (Å²) in [5.74, 6) is -0.160. The summed E-state index contributed by atoms with van der Waals surface area (Å²) >= 11 is 0. The molecule has 8 nitrogen and oxygen atoms in total. The number of benzene rings is 1. The molecule has 1 saturated heterocycles. The molecule has 2 amide bonds. The van der Waals surface area contributed by atoms with Crippen molar-refractivity contribution in [1.82, 2.24) is 4.90 Å². The third kappa shape index (κ3) is 3.04. The second-order valence-corrected chi connectivity index (χ2v) is 7.49. The summed E-state index contributed by atoms with van der Waals surface area (Å²) in [6, 6.07) is 4.46. The van der Waals surface area contributed by atoms with Crippen LogP contribution in [0.3, 0.4) is 0 Å². The molecule has 2 aliphatic heterocycles. The highest BCUT2D eigenvalue weighted by molar-refractivity contribution is 6.06. The Labute approximate surface area is 145 Å². The normalized spacial score (nSPS) is 18.7. The third-order valence-corrected chi connectivity index (χ3v) is 4.68. The van der Waals surface area contributed by atoms with E-state index in [2.05, 4.69) is 5.32 Å². The summed E-state index contributed by atoms with van der Waals surface area (Å²) in [6.45, 7) is 6.23. The number of hydrogen-bond acceptors (Lipinski definition) is 5. The average molecular weight is 347 g/mol. The van der Waals surface area contributed by atoms with Crippen LogP contribution in [-0.2, 0) is 14.9 Å². The van der Waals surface area contributed by atoms with E-state index in [4.69, 9.17) is 4.74 Å². The fourth-order valence-electron chi connectivity index (χ4n) is 3.42. The predicted octanol–water partition coefficient (Wildman–Crippen LogP) is 2.82. The summed E-state index contributed by atoms with van der Waals surface area (Å²) in [4.78, 5) is 36.8. The van der Waals surface area contributed by atoms with E-state index in [0.717, 1.165) is 5.56 Å². The van der Waals surface area contributed by atoms with E-state index in [-0.39, 0.29) is 17.7 Å². The Hall–Kier alpha value is -2.64. The Morgan fingerprint density at radius 3 is 2.52 bits per heavy atom. The molecule has 0 aliphatic carbocycles. The van der Waals surface area contributed by atoms with Crippen molar-refractivity contribution in [2.24, 2.45) is 0 Å². The van der Waals surface area contributed by atoms with Gasteiger partial charge in [-0.15, -0.1) is 0 Å². The lowest BCUT2D eigenvalue weighted by Gasteiger charge is -2.38. The van der Waals surface area contributed by atoms with Gasteiger partial charge in [0.2, 0.25) is 5.91 Å². The lowest BCUT2D eigenvalue weighted by Crippen LogP contribution is -2.49. The highest BCUT2D eigenvalue weighted by atomic mass is 16.6. The number of fused-ring (bicyclic) bond motifs is 2. The number of ether oxygens (including phenoxy) is 1. The monoisotopic (exact) mass is 347 g/mol. The van der Waals surface area contributed by atoms with Crippen molar-refractivity contribution in [3.63, 3.8) is 0 Å². The number of hydrogen-bond donors (Lipinski definition) is 1. The number of anilines is 1. The van der Waals surface area contributed by atoms with Gasteiger partial charge in [0.15, 0.2) is 0 Å². The number of piperidine rings is 1. The van der Waals surface area contributed by atoms with Crippen LogP contribution in [0.4, 0.5) is 16.2 Å². The average Bonchev–Trinajstić information content (AvgIpc) is 2.78. The fraction of sp³-hybridized carbons (Fsp3) is 0.529. The van der Waals surface area contributed by atoms with Crippen LogP contribution < -0.4 is 5.32 Å². The van der Waals surface area contributed by atoms with Gasteiger partial charge in [0, 0.05) is 25.2 Å². The molecule has 1 spiro atoms. The number of rotatable bonds is 1. The minimum Gasteiger partial charge on any atom is -0.444 e. The minimum atomic E-state index is -0.733. The number of carbonyl (C=O) groups excluding carboxylic acids is 2. The largest absolute Gasteiger partial charge is 0.444 e. The van der Waals surface area contributed by atoms with E-state index >= 15 is 0 Å². The molecule has 134 valence electrons. The maximum Gasteiger partial charge on any atom is 0.410 e. The standard InChI is InChI=1S/C17H21N3O5/c1-16(2,3)25-15(22)19-8-6-17(7-9-19)12-5-4-11(20(23)24)10-13(12)18-14(17)21/h4-5,10H,6-9H2,1-3H3,(H,18,21). The molecule has 2 heterocycles. The number of amides is 2. The van der Waals surface area contributed by atoms with Gasteiger partial charge >= 0.3 is 6.09 Å². The molecule has 1 fully saturated rings. The fourth-order valence-corrected chi connectivity index (χ4v) is 3.42. The van der Waals surface area contributed by atoms with Gasteiger partial charge in [0.25, 0.3) is 5.69 Å². The lowest BCUT2D eigenvalue weighted by atomic mass is 9.73. The third-order valence-electron chi connectivity index (χ3n) is 4.68. The molecule has 2 aliphatic rings. The summed E-state index contributed by atoms with van der Waals surface area (Å²) in [6.07, 6.45) is 0.538. The second kappa shape index (κ2) is 5.72. The number of nitrogens with one attached hydrogen (secondary N) is 1. The van der Waals surface area contributed by atoms with E-state index in [1.165, 1.54) is 12.1 Å². The zero-order chi connectivity index (χ0) is 18.4. The van der Waals surface area contributed by atoms with E-state index in [1.807, 2.05) is 20.8 Å². The molecule has 1 aromatic rings. The SMILES string of the molecule is CC(C)(C)OC(=O)N1CCC2(CC1)C(=O)Nc1cc([N+](=O)[O-])ccc12. The lowest BCUT2D eigenvalue weighted by molar-refractivity contribution is -0.384. The maximum atomic E-state index is 12.6. The van der Waals surface area contributed by atoms with Crippen molar-refractivity contribution in [3.8, 4) is 0 Å². The maximum absolute atomic E-state index is 12.6. The quantitative estimate of drug-likeness (QED) is 0.622. The van der Waals surface area contributed by atoms with Crippen LogP contribution in [0.5, 0.6) is 0 Å². The van der Waals surface area contributed by atoms with Gasteiger partial charge in [-0.2, -0.15) is 0 Å². The number of nitro benzene ring substituents is 1. The van der Waals surface area contributed by atoms with Crippen LogP contribution in [0.15, 0.2) is 18.2 Å². The van der Waals surface area contributed by atoms with Crippen molar-refractivity contribution >= 4 is 23.4 Å². The Balaban J connectivity index is 1.79. The Morgan fingerprint density at radius 1 is 1.32 bits per heavy atom. The van der Waals surface area contributed by atoms with E-state index in [1.54, 1.807) is 11.0 Å². The molecule has 0 bridgehead atoms. The first-order chi connectivity index (χ1) is 11.6. The number of non-ortho nitro benzene ring substituents is 1. The molecule has 1 aromatic carbocycles. The van der Waals surface area contributed by atoms with Gasteiger partial charge in [-0.05, 0) is 45.2 Å². The van der Waals surface area contributed by atoms with E-state index in [0.29, 0.717) is 31.6 Å². The molecular weight excluding hydrogens is 326 g/mol. The van der Waals surface area contributed by atoms with Gasteiger partial charge in [-0.25, -0.2) is 4.79 Å². The zero-order valence-electron chi connectivity index (χ0n) is 14.5. The molecule has 0 radical (unpaired) electrons. The molecule has 8 heteroatoms. The molecule has 0 atom stereocenters. The number of carbonyl (C=O) groups is 2. The van der Waals surface area contributed by atoms with Crippen molar-refractivity contribution in [3.05, 3.63) is 33.9 Å². The minimum absolute atomic E-state index is 0.0534. The molecule has 0 aromatic heterocycles. The molecule has 3 rings (SSSR count). The zero-order valence-corrected chi connectivity index (χ0v) is 14.5. The first-order valence-corrected chi connectivity index (χ1v) is 8.21. The number of nitro groups is 1. The Morgan fingerprint density at radius 2 is 1.96 bits per heavy atom. The first-order valence-electron chi connectivity index (χ1n) is 8.21. The van der Waals surface area contributed by atoms with Crippen LogP contribution >= 0.6 is 0 Å². The van der Waals surface area contributed by atoms with E-state index < -0.39 is 15.9 Å². The number of likely N-dealkylation sites (tertiary alicyclic amines) is 1. The van der Waals surface area contributed by atoms with Gasteiger partial charge in [-0.3, -0.25) is 14.9 Å². The van der Waals surface area contributed by atoms with Crippen molar-refractivity contribution < 1.29 is 19.2 Å². The van der Waals surface area contributed by atoms with Gasteiger partial charge in [0.05, 0.1) is 16.0 Å².